The minimum Gasteiger partial charge on any atom is -0.321 e. The van der Waals surface area contributed by atoms with Crippen LogP contribution in [0.5, 0.6) is 0 Å². The van der Waals surface area contributed by atoms with E-state index >= 15 is 0 Å². The number of anilines is 1. The van der Waals surface area contributed by atoms with E-state index in [1.165, 1.54) is 17.3 Å². The lowest BCUT2D eigenvalue weighted by atomic mass is 9.96. The first kappa shape index (κ1) is 12.7. The van der Waals surface area contributed by atoms with E-state index in [-0.39, 0.29) is 11.8 Å². The highest BCUT2D eigenvalue weighted by atomic mass is 16.2. The van der Waals surface area contributed by atoms with Crippen molar-refractivity contribution in [3.05, 3.63) is 31.0 Å². The Morgan fingerprint density at radius 3 is 3.00 bits per heavy atom. The van der Waals surface area contributed by atoms with Crippen LogP contribution in [-0.4, -0.2) is 31.2 Å². The Hall–Kier alpha value is -2.28. The van der Waals surface area contributed by atoms with Crippen molar-refractivity contribution in [1.82, 2.24) is 19.7 Å². The second kappa shape index (κ2) is 4.68. The molecule has 104 valence electrons. The molecular weight excluding hydrogens is 256 g/mol. The SMILES string of the molecule is CC(N)(C(=O)Nc1cccnc1-n1cncn1)C1CC1. The Labute approximate surface area is 116 Å². The highest BCUT2D eigenvalue weighted by Gasteiger charge is 2.44. The molecule has 2 heterocycles. The molecule has 0 aliphatic heterocycles. The van der Waals surface area contributed by atoms with Crippen LogP contribution in [0.1, 0.15) is 19.8 Å². The summed E-state index contributed by atoms with van der Waals surface area (Å²) in [4.78, 5) is 20.4. The van der Waals surface area contributed by atoms with Crippen molar-refractivity contribution in [2.24, 2.45) is 11.7 Å². The first-order valence-corrected chi connectivity index (χ1v) is 6.49. The number of nitrogens with two attached hydrogens (primary N) is 1. The van der Waals surface area contributed by atoms with Gasteiger partial charge in [0.05, 0.1) is 11.2 Å². The number of rotatable bonds is 4. The van der Waals surface area contributed by atoms with Crippen molar-refractivity contribution in [2.45, 2.75) is 25.3 Å². The van der Waals surface area contributed by atoms with Crippen molar-refractivity contribution < 1.29 is 4.79 Å². The molecule has 1 unspecified atom stereocenters. The molecule has 1 amide bonds. The Kier molecular flexibility index (Phi) is 2.98. The number of nitrogens with one attached hydrogen (secondary N) is 1. The molecule has 3 N–H and O–H groups in total. The van der Waals surface area contributed by atoms with Crippen LogP contribution in [0.15, 0.2) is 31.0 Å². The fourth-order valence-electron chi connectivity index (χ4n) is 2.12. The first-order valence-electron chi connectivity index (χ1n) is 6.49. The quantitative estimate of drug-likeness (QED) is 0.854. The Morgan fingerprint density at radius 2 is 2.35 bits per heavy atom. The maximum Gasteiger partial charge on any atom is 0.244 e. The zero-order valence-electron chi connectivity index (χ0n) is 11.2. The maximum absolute atomic E-state index is 12.3. The van der Waals surface area contributed by atoms with Crippen molar-refractivity contribution >= 4 is 11.6 Å². The van der Waals surface area contributed by atoms with E-state index in [1.54, 1.807) is 25.3 Å². The van der Waals surface area contributed by atoms with Gasteiger partial charge in [-0.15, -0.1) is 0 Å². The number of aromatic nitrogens is 4. The molecule has 7 heteroatoms. The van der Waals surface area contributed by atoms with E-state index in [4.69, 9.17) is 5.73 Å². The summed E-state index contributed by atoms with van der Waals surface area (Å²) in [6, 6.07) is 3.52. The van der Waals surface area contributed by atoms with E-state index in [0.717, 1.165) is 12.8 Å². The lowest BCUT2D eigenvalue weighted by Crippen LogP contribution is -2.50. The summed E-state index contributed by atoms with van der Waals surface area (Å²) in [7, 11) is 0. The van der Waals surface area contributed by atoms with Crippen LogP contribution in [0.4, 0.5) is 5.69 Å². The summed E-state index contributed by atoms with van der Waals surface area (Å²) in [5.41, 5.74) is 5.83. The van der Waals surface area contributed by atoms with Gasteiger partial charge in [0, 0.05) is 6.20 Å². The number of amides is 1. The fraction of sp³-hybridized carbons (Fsp3) is 0.385. The van der Waals surface area contributed by atoms with Crippen LogP contribution in [0.3, 0.4) is 0 Å². The molecule has 0 radical (unpaired) electrons. The summed E-state index contributed by atoms with van der Waals surface area (Å²) in [6.07, 6.45) is 6.58. The normalized spacial score (nSPS) is 17.5. The van der Waals surface area contributed by atoms with Gasteiger partial charge >= 0.3 is 0 Å². The molecular formula is C13H16N6O. The molecule has 1 fully saturated rings. The smallest absolute Gasteiger partial charge is 0.244 e. The van der Waals surface area contributed by atoms with Crippen molar-refractivity contribution in [2.75, 3.05) is 5.32 Å². The summed E-state index contributed by atoms with van der Waals surface area (Å²) in [5.74, 6) is 0.577. The lowest BCUT2D eigenvalue weighted by molar-refractivity contribution is -0.121. The van der Waals surface area contributed by atoms with Gasteiger partial charge in [0.15, 0.2) is 5.82 Å². The second-order valence-corrected chi connectivity index (χ2v) is 5.23. The molecule has 3 rings (SSSR count). The second-order valence-electron chi connectivity index (χ2n) is 5.23. The summed E-state index contributed by atoms with van der Waals surface area (Å²) in [5, 5.41) is 6.87. The fourth-order valence-corrected chi connectivity index (χ4v) is 2.12. The minimum absolute atomic E-state index is 0.200. The molecule has 7 nitrogen and oxygen atoms in total. The molecule has 1 saturated carbocycles. The molecule has 20 heavy (non-hydrogen) atoms. The third-order valence-corrected chi connectivity index (χ3v) is 3.59. The third-order valence-electron chi connectivity index (χ3n) is 3.59. The van der Waals surface area contributed by atoms with Crippen molar-refractivity contribution in [3.8, 4) is 5.82 Å². The number of carbonyl (C=O) groups excluding carboxylic acids is 1. The van der Waals surface area contributed by atoms with Gasteiger partial charge < -0.3 is 11.1 Å². The van der Waals surface area contributed by atoms with Crippen molar-refractivity contribution in [1.29, 1.82) is 0 Å². The summed E-state index contributed by atoms with van der Waals surface area (Å²) < 4.78 is 1.50. The van der Waals surface area contributed by atoms with Gasteiger partial charge in [0.1, 0.15) is 12.7 Å². The highest BCUT2D eigenvalue weighted by molar-refractivity contribution is 5.99. The van der Waals surface area contributed by atoms with Crippen LogP contribution in [0, 0.1) is 5.92 Å². The lowest BCUT2D eigenvalue weighted by Gasteiger charge is -2.23. The third kappa shape index (κ3) is 2.27. The van der Waals surface area contributed by atoms with E-state index < -0.39 is 5.54 Å². The van der Waals surface area contributed by atoms with E-state index in [2.05, 4.69) is 20.4 Å². The van der Waals surface area contributed by atoms with Gasteiger partial charge in [-0.3, -0.25) is 4.79 Å². The Morgan fingerprint density at radius 1 is 1.55 bits per heavy atom. The summed E-state index contributed by atoms with van der Waals surface area (Å²) >= 11 is 0. The van der Waals surface area contributed by atoms with Gasteiger partial charge in [0.25, 0.3) is 0 Å². The van der Waals surface area contributed by atoms with Gasteiger partial charge in [-0.2, -0.15) is 5.10 Å². The molecule has 1 atom stereocenters. The topological polar surface area (TPSA) is 98.7 Å². The van der Waals surface area contributed by atoms with Crippen LogP contribution >= 0.6 is 0 Å². The maximum atomic E-state index is 12.3. The monoisotopic (exact) mass is 272 g/mol. The Balaban J connectivity index is 1.86. The largest absolute Gasteiger partial charge is 0.321 e. The van der Waals surface area contributed by atoms with E-state index in [9.17, 15) is 4.79 Å². The zero-order chi connectivity index (χ0) is 14.2. The Bertz CT molecular complexity index is 618. The first-order chi connectivity index (χ1) is 9.59. The molecule has 0 saturated heterocycles. The molecule has 0 spiro atoms. The van der Waals surface area contributed by atoms with Gasteiger partial charge in [-0.25, -0.2) is 14.6 Å². The predicted molar refractivity (Wildman–Crippen MR) is 73.1 cm³/mol. The molecule has 1 aliphatic carbocycles. The molecule has 0 aromatic carbocycles. The zero-order valence-corrected chi connectivity index (χ0v) is 11.2. The highest BCUT2D eigenvalue weighted by Crippen LogP contribution is 2.38. The molecule has 2 aromatic heterocycles. The molecule has 0 bridgehead atoms. The van der Waals surface area contributed by atoms with Crippen LogP contribution in [0.2, 0.25) is 0 Å². The van der Waals surface area contributed by atoms with E-state index in [0.29, 0.717) is 11.5 Å². The number of hydrogen-bond donors (Lipinski definition) is 2. The van der Waals surface area contributed by atoms with Crippen molar-refractivity contribution in [3.63, 3.8) is 0 Å². The van der Waals surface area contributed by atoms with Gasteiger partial charge in [0.2, 0.25) is 5.91 Å². The van der Waals surface area contributed by atoms with E-state index in [1.807, 2.05) is 0 Å². The summed E-state index contributed by atoms with van der Waals surface area (Å²) in [6.45, 7) is 1.77. The van der Waals surface area contributed by atoms with Gasteiger partial charge in [-0.1, -0.05) is 0 Å². The standard InChI is InChI=1S/C13H16N6O/c1-13(14,9-4-5-9)12(20)18-10-3-2-6-16-11(10)19-8-15-7-17-19/h2-3,6-9H,4-5,14H2,1H3,(H,18,20). The predicted octanol–water partition coefficient (Wildman–Crippen LogP) is 0.728. The average molecular weight is 272 g/mol. The molecule has 2 aromatic rings. The minimum atomic E-state index is -0.852. The van der Waals surface area contributed by atoms with Crippen LogP contribution in [0.25, 0.3) is 5.82 Å². The number of nitrogens with zero attached hydrogens (tertiary/aromatic N) is 4. The number of pyridine rings is 1. The molecule has 1 aliphatic rings. The van der Waals surface area contributed by atoms with Crippen LogP contribution < -0.4 is 11.1 Å². The van der Waals surface area contributed by atoms with Gasteiger partial charge in [-0.05, 0) is 37.8 Å². The van der Waals surface area contributed by atoms with Crippen LogP contribution in [-0.2, 0) is 4.79 Å². The average Bonchev–Trinajstić information content (AvgIpc) is 3.17. The number of carbonyl (C=O) groups is 1. The number of hydrogen-bond acceptors (Lipinski definition) is 5.